The number of hydrogen-bond acceptors (Lipinski definition) is 8. The number of aromatic nitrogens is 4. The van der Waals surface area contributed by atoms with Crippen LogP contribution < -0.4 is 16.0 Å². The summed E-state index contributed by atoms with van der Waals surface area (Å²) in [6, 6.07) is 3.60. The molecular weight excluding hydrogens is 477 g/mol. The highest BCUT2D eigenvalue weighted by atomic mass is 19.1. The molecule has 1 aliphatic carbocycles. The molecule has 4 heterocycles. The molecule has 1 aliphatic heterocycles. The van der Waals surface area contributed by atoms with Crippen LogP contribution in [0.5, 0.6) is 0 Å². The predicted molar refractivity (Wildman–Crippen MR) is 136 cm³/mol. The van der Waals surface area contributed by atoms with Crippen molar-refractivity contribution in [1.82, 2.24) is 24.9 Å². The van der Waals surface area contributed by atoms with Gasteiger partial charge in [0.1, 0.15) is 11.6 Å². The molecule has 1 saturated heterocycles. The smallest absolute Gasteiger partial charge is 0.255 e. The fourth-order valence-electron chi connectivity index (χ4n) is 5.11. The van der Waals surface area contributed by atoms with Crippen LogP contribution in [0.15, 0.2) is 30.7 Å². The van der Waals surface area contributed by atoms with Gasteiger partial charge < -0.3 is 25.5 Å². The number of Topliss-reactive ketones (excluding diaryl/α,β-unsaturated/α-hetero) is 1. The largest absolute Gasteiger partial charge is 0.381 e. The van der Waals surface area contributed by atoms with Crippen molar-refractivity contribution in [3.63, 3.8) is 0 Å². The lowest BCUT2D eigenvalue weighted by molar-refractivity contribution is -0.118. The van der Waals surface area contributed by atoms with Crippen molar-refractivity contribution in [2.75, 3.05) is 23.8 Å². The van der Waals surface area contributed by atoms with Crippen molar-refractivity contribution < 1.29 is 18.7 Å². The van der Waals surface area contributed by atoms with E-state index in [-0.39, 0.29) is 29.6 Å². The number of carbonyl (C=O) groups is 2. The maximum Gasteiger partial charge on any atom is 0.255 e. The molecule has 196 valence electrons. The third-order valence-corrected chi connectivity index (χ3v) is 7.07. The molecule has 3 aromatic rings. The van der Waals surface area contributed by atoms with Crippen molar-refractivity contribution in [2.24, 2.45) is 5.92 Å². The number of carbonyl (C=O) groups excluding carboxylic acids is 2. The Morgan fingerprint density at radius 3 is 2.68 bits per heavy atom. The lowest BCUT2D eigenvalue weighted by Gasteiger charge is -2.29. The Kier molecular flexibility index (Phi) is 7.59. The molecule has 5 rings (SSSR count). The molecule has 37 heavy (non-hydrogen) atoms. The van der Waals surface area contributed by atoms with Gasteiger partial charge in [-0.25, -0.2) is 18.9 Å². The van der Waals surface area contributed by atoms with Crippen LogP contribution in [-0.2, 0) is 9.53 Å². The van der Waals surface area contributed by atoms with E-state index in [0.717, 1.165) is 38.5 Å². The first kappa shape index (κ1) is 25.1. The van der Waals surface area contributed by atoms with Gasteiger partial charge in [0, 0.05) is 50.0 Å². The average molecular weight is 510 g/mol. The van der Waals surface area contributed by atoms with Crippen LogP contribution in [0.4, 0.5) is 21.7 Å². The van der Waals surface area contributed by atoms with Gasteiger partial charge in [-0.05, 0) is 51.4 Å². The van der Waals surface area contributed by atoms with Crippen LogP contribution in [0.2, 0.25) is 0 Å². The minimum atomic E-state index is -0.570. The number of hydrogen-bond donors (Lipinski definition) is 3. The summed E-state index contributed by atoms with van der Waals surface area (Å²) < 4.78 is 21.4. The van der Waals surface area contributed by atoms with Crippen LogP contribution in [0.3, 0.4) is 0 Å². The van der Waals surface area contributed by atoms with E-state index in [9.17, 15) is 14.0 Å². The van der Waals surface area contributed by atoms with E-state index in [4.69, 9.17) is 4.74 Å². The second-order valence-electron chi connectivity index (χ2n) is 9.94. The topological polar surface area (TPSA) is 123 Å². The molecule has 0 bridgehead atoms. The Morgan fingerprint density at radius 1 is 1.14 bits per heavy atom. The molecule has 11 heteroatoms. The fourth-order valence-corrected chi connectivity index (χ4v) is 5.11. The van der Waals surface area contributed by atoms with E-state index in [1.54, 1.807) is 25.3 Å². The van der Waals surface area contributed by atoms with E-state index >= 15 is 0 Å². The maximum atomic E-state index is 14.6. The average Bonchev–Trinajstić information content (AvgIpc) is 3.33. The number of pyridine rings is 1. The van der Waals surface area contributed by atoms with E-state index in [1.807, 2.05) is 0 Å². The monoisotopic (exact) mass is 509 g/mol. The Balaban J connectivity index is 1.33. The molecule has 2 fully saturated rings. The summed E-state index contributed by atoms with van der Waals surface area (Å²) in [5, 5.41) is 13.6. The standard InChI is InChI=1S/C26H32FN7O3/c1-16(35)12-17-2-4-18(5-3-17)31-26(36)20-14-28-23(13-22(20)30-19-7-10-37-11-8-19)32-25-21(27)15-34-24(33-25)6-9-29-34/h6,9,13-15,17-19H,2-5,7-8,10-12H2,1H3,(H,31,36)(H2,28,30,32,33). The van der Waals surface area contributed by atoms with Crippen molar-refractivity contribution in [3.8, 4) is 0 Å². The molecule has 0 spiro atoms. The highest BCUT2D eigenvalue weighted by molar-refractivity contribution is 6.00. The van der Waals surface area contributed by atoms with Crippen LogP contribution in [0.1, 0.15) is 62.2 Å². The van der Waals surface area contributed by atoms with E-state index in [0.29, 0.717) is 48.3 Å². The number of nitrogens with one attached hydrogen (secondary N) is 3. The van der Waals surface area contributed by atoms with Crippen molar-refractivity contribution in [1.29, 1.82) is 0 Å². The fraction of sp³-hybridized carbons (Fsp3) is 0.500. The minimum Gasteiger partial charge on any atom is -0.381 e. The third kappa shape index (κ3) is 6.22. The van der Waals surface area contributed by atoms with Crippen molar-refractivity contribution in [3.05, 3.63) is 42.1 Å². The Hall–Kier alpha value is -3.60. The molecule has 10 nitrogen and oxygen atoms in total. The van der Waals surface area contributed by atoms with Gasteiger partial charge in [0.15, 0.2) is 17.3 Å². The van der Waals surface area contributed by atoms with Crippen LogP contribution in [0, 0.1) is 11.7 Å². The summed E-state index contributed by atoms with van der Waals surface area (Å²) in [4.78, 5) is 33.4. The van der Waals surface area contributed by atoms with Gasteiger partial charge in [-0.15, -0.1) is 0 Å². The molecule has 0 radical (unpaired) electrons. The molecule has 0 aromatic carbocycles. The van der Waals surface area contributed by atoms with E-state index in [2.05, 4.69) is 31.0 Å². The quantitative estimate of drug-likeness (QED) is 0.418. The Bertz CT molecular complexity index is 1270. The number of ketones is 1. The number of rotatable bonds is 8. The lowest BCUT2D eigenvalue weighted by Crippen LogP contribution is -2.38. The summed E-state index contributed by atoms with van der Waals surface area (Å²) in [6.07, 6.45) is 10.1. The van der Waals surface area contributed by atoms with Gasteiger partial charge >= 0.3 is 0 Å². The molecule has 2 aliphatic rings. The van der Waals surface area contributed by atoms with Crippen molar-refractivity contribution in [2.45, 2.75) is 64.0 Å². The van der Waals surface area contributed by atoms with Crippen LogP contribution >= 0.6 is 0 Å². The zero-order chi connectivity index (χ0) is 25.8. The Labute approximate surface area is 214 Å². The van der Waals surface area contributed by atoms with Gasteiger partial charge in [0.2, 0.25) is 0 Å². The van der Waals surface area contributed by atoms with Gasteiger partial charge in [-0.2, -0.15) is 5.10 Å². The second-order valence-corrected chi connectivity index (χ2v) is 9.94. The first-order chi connectivity index (χ1) is 17.9. The molecule has 3 aromatic heterocycles. The lowest BCUT2D eigenvalue weighted by atomic mass is 9.83. The summed E-state index contributed by atoms with van der Waals surface area (Å²) in [5.74, 6) is 0.242. The van der Waals surface area contributed by atoms with Crippen LogP contribution in [0.25, 0.3) is 5.65 Å². The number of anilines is 3. The normalized spacial score (nSPS) is 20.5. The highest BCUT2D eigenvalue weighted by Crippen LogP contribution is 2.29. The maximum absolute atomic E-state index is 14.6. The van der Waals surface area contributed by atoms with Crippen LogP contribution in [-0.4, -0.2) is 56.6 Å². The first-order valence-electron chi connectivity index (χ1n) is 12.9. The van der Waals surface area contributed by atoms with Gasteiger partial charge in [0.05, 0.1) is 23.6 Å². The molecule has 1 saturated carbocycles. The highest BCUT2D eigenvalue weighted by Gasteiger charge is 2.25. The summed E-state index contributed by atoms with van der Waals surface area (Å²) in [5.41, 5.74) is 1.55. The zero-order valence-corrected chi connectivity index (χ0v) is 20.9. The van der Waals surface area contributed by atoms with E-state index < -0.39 is 5.82 Å². The number of nitrogens with zero attached hydrogens (tertiary/aromatic N) is 4. The summed E-state index contributed by atoms with van der Waals surface area (Å²) in [6.45, 7) is 2.94. The minimum absolute atomic E-state index is 0.0250. The van der Waals surface area contributed by atoms with Gasteiger partial charge in [0.25, 0.3) is 5.91 Å². The zero-order valence-electron chi connectivity index (χ0n) is 20.9. The number of ether oxygens (including phenoxy) is 1. The SMILES string of the molecule is CC(=O)CC1CCC(NC(=O)c2cnc(Nc3nc4ccnn4cc3F)cc2NC2CCOCC2)CC1. The number of fused-ring (bicyclic) bond motifs is 1. The molecule has 0 unspecified atom stereocenters. The third-order valence-electron chi connectivity index (χ3n) is 7.07. The molecular formula is C26H32FN7O3. The Morgan fingerprint density at radius 2 is 1.92 bits per heavy atom. The summed E-state index contributed by atoms with van der Waals surface area (Å²) >= 11 is 0. The second kappa shape index (κ2) is 11.2. The van der Waals surface area contributed by atoms with Gasteiger partial charge in [-0.1, -0.05) is 0 Å². The molecule has 1 amide bonds. The predicted octanol–water partition coefficient (Wildman–Crippen LogP) is 3.87. The van der Waals surface area contributed by atoms with Gasteiger partial charge in [-0.3, -0.25) is 4.79 Å². The van der Waals surface area contributed by atoms with Crippen molar-refractivity contribution >= 4 is 34.7 Å². The first-order valence-corrected chi connectivity index (χ1v) is 12.9. The number of halogens is 1. The number of amides is 1. The van der Waals surface area contributed by atoms with E-state index in [1.165, 1.54) is 16.9 Å². The summed E-state index contributed by atoms with van der Waals surface area (Å²) in [7, 11) is 0. The molecule has 3 N–H and O–H groups in total. The molecule has 0 atom stereocenters.